The van der Waals surface area contributed by atoms with E-state index in [1.54, 1.807) is 29.2 Å². The summed E-state index contributed by atoms with van der Waals surface area (Å²) in [7, 11) is 1.84. The maximum atomic E-state index is 13.4. The van der Waals surface area contributed by atoms with Gasteiger partial charge in [-0.3, -0.25) is 4.68 Å². The summed E-state index contributed by atoms with van der Waals surface area (Å²) < 4.78 is 56.6. The second-order valence-electron chi connectivity index (χ2n) is 11.9. The van der Waals surface area contributed by atoms with Crippen LogP contribution >= 0.6 is 23.5 Å². The van der Waals surface area contributed by atoms with Gasteiger partial charge in [0.15, 0.2) is 44.9 Å². The van der Waals surface area contributed by atoms with Gasteiger partial charge in [-0.25, -0.2) is 42.2 Å². The first-order valence-corrected chi connectivity index (χ1v) is 18.1. The van der Waals surface area contributed by atoms with Crippen LogP contribution < -0.4 is 10.6 Å². The van der Waals surface area contributed by atoms with Gasteiger partial charge in [0.25, 0.3) is 0 Å². The summed E-state index contributed by atoms with van der Waals surface area (Å²) in [5.41, 5.74) is 3.17. The van der Waals surface area contributed by atoms with Crippen molar-refractivity contribution in [1.29, 1.82) is 0 Å². The lowest BCUT2D eigenvalue weighted by atomic mass is 10.1. The molecule has 10 nitrogen and oxygen atoms in total. The van der Waals surface area contributed by atoms with E-state index in [0.29, 0.717) is 10.3 Å². The van der Waals surface area contributed by atoms with Crippen LogP contribution in [0.4, 0.5) is 29.2 Å². The van der Waals surface area contributed by atoms with Crippen molar-refractivity contribution in [3.8, 4) is 0 Å². The molecule has 49 heavy (non-hydrogen) atoms. The van der Waals surface area contributed by atoms with Crippen molar-refractivity contribution in [2.75, 3.05) is 23.1 Å². The number of anilines is 2. The molecule has 4 heterocycles. The predicted octanol–water partition coefficient (Wildman–Crippen LogP) is 7.15. The van der Waals surface area contributed by atoms with Gasteiger partial charge in [-0.1, -0.05) is 35.7 Å². The van der Waals surface area contributed by atoms with Gasteiger partial charge < -0.3 is 10.6 Å². The van der Waals surface area contributed by atoms with E-state index in [9.17, 15) is 17.6 Å². The van der Waals surface area contributed by atoms with Crippen LogP contribution in [-0.4, -0.2) is 64.1 Å². The molecule has 2 N–H and O–H groups in total. The molecule has 2 aliphatic rings. The Morgan fingerprint density at radius 1 is 0.694 bits per heavy atom. The molecule has 0 amide bonds. The summed E-state index contributed by atoms with van der Waals surface area (Å²) >= 11 is 2.94. The fraction of sp³-hybridized carbons (Fsp3) is 0.333. The summed E-state index contributed by atoms with van der Waals surface area (Å²) in [6, 6.07) is 8.47. The quantitative estimate of drug-likeness (QED) is 0.0913. The molecule has 0 aliphatic heterocycles. The van der Waals surface area contributed by atoms with Gasteiger partial charge in [0.2, 0.25) is 0 Å². The Kier molecular flexibility index (Phi) is 9.09. The summed E-state index contributed by atoms with van der Waals surface area (Å²) in [5, 5.41) is 18.5. The van der Waals surface area contributed by atoms with E-state index in [1.807, 2.05) is 31.2 Å². The molecule has 0 saturated heterocycles. The zero-order valence-corrected chi connectivity index (χ0v) is 28.6. The first-order valence-electron chi connectivity index (χ1n) is 15.6. The molecule has 16 heteroatoms. The van der Waals surface area contributed by atoms with Crippen molar-refractivity contribution < 1.29 is 17.6 Å². The number of aromatic nitrogens is 8. The molecule has 254 valence electrons. The molecule has 4 atom stereocenters. The SMILES string of the molecule is CCn1ncc2c(N[C@@H]3C[C@H]3c3ccc(F)c(F)c3)nc(SC)nc21.CSc1nc(N[C@@H]2C[C@H]2c2ccc(F)c(F)c2)c2cnn(C)c2n1. The Balaban J connectivity index is 0.000000154. The average molecular weight is 709 g/mol. The molecule has 2 aromatic carbocycles. The normalized spacial score (nSPS) is 19.5. The van der Waals surface area contributed by atoms with E-state index >= 15 is 0 Å². The van der Waals surface area contributed by atoms with Gasteiger partial charge in [0.1, 0.15) is 11.6 Å². The molecular weight excluding hydrogens is 677 g/mol. The van der Waals surface area contributed by atoms with E-state index in [0.717, 1.165) is 64.2 Å². The standard InChI is InChI=1S/C17H17F2N5S.C16H15F2N5S/c1-3-24-16-11(8-20-24)15(22-17(23-16)25-2)21-14-7-10(14)9-4-5-12(18)13(19)6-9;1-23-15-10(7-19-23)14(21-16(22-15)24-2)20-13-6-9(13)8-3-4-11(17)12(18)5-8/h4-6,8,10,14H,3,7H2,1-2H3,(H,21,22,23);3-5,7,9,13H,6H2,1-2H3,(H,20,21,22)/t10-,14+;9-,13+/m00/s1. The lowest BCUT2D eigenvalue weighted by molar-refractivity contribution is 0.507. The van der Waals surface area contributed by atoms with Crippen LogP contribution in [0.1, 0.15) is 42.7 Å². The summed E-state index contributed by atoms with van der Waals surface area (Å²) in [4.78, 5) is 18.1. The Bertz CT molecular complexity index is 2170. The first kappa shape index (κ1) is 33.1. The number of hydrogen-bond acceptors (Lipinski definition) is 10. The van der Waals surface area contributed by atoms with Crippen LogP contribution in [0.15, 0.2) is 59.1 Å². The molecule has 0 radical (unpaired) electrons. The van der Waals surface area contributed by atoms with Gasteiger partial charge >= 0.3 is 0 Å². The average Bonchev–Trinajstić information content (AvgIpc) is 3.97. The van der Waals surface area contributed by atoms with Crippen LogP contribution in [0.25, 0.3) is 22.1 Å². The number of fused-ring (bicyclic) bond motifs is 2. The van der Waals surface area contributed by atoms with E-state index in [-0.39, 0.29) is 23.9 Å². The molecule has 2 fully saturated rings. The minimum atomic E-state index is -0.818. The van der Waals surface area contributed by atoms with E-state index in [2.05, 4.69) is 40.8 Å². The zero-order chi connectivity index (χ0) is 34.4. The van der Waals surface area contributed by atoms with Crippen LogP contribution in [-0.2, 0) is 13.6 Å². The van der Waals surface area contributed by atoms with Crippen LogP contribution in [0.2, 0.25) is 0 Å². The van der Waals surface area contributed by atoms with E-state index < -0.39 is 23.3 Å². The van der Waals surface area contributed by atoms with Crippen molar-refractivity contribution in [3.63, 3.8) is 0 Å². The lowest BCUT2D eigenvalue weighted by Crippen LogP contribution is -2.08. The summed E-state index contributed by atoms with van der Waals surface area (Å²) in [6.45, 7) is 2.75. The number of thioether (sulfide) groups is 2. The first-order chi connectivity index (χ1) is 23.7. The Morgan fingerprint density at radius 2 is 1.18 bits per heavy atom. The third kappa shape index (κ3) is 6.75. The van der Waals surface area contributed by atoms with Gasteiger partial charge in [-0.05, 0) is 67.7 Å². The molecule has 0 spiro atoms. The van der Waals surface area contributed by atoms with Crippen molar-refractivity contribution in [1.82, 2.24) is 39.5 Å². The monoisotopic (exact) mass is 708 g/mol. The Morgan fingerprint density at radius 3 is 1.67 bits per heavy atom. The number of halogens is 4. The molecular formula is C33H32F4N10S2. The maximum absolute atomic E-state index is 13.4. The van der Waals surface area contributed by atoms with Crippen molar-refractivity contribution >= 4 is 57.2 Å². The number of nitrogens with one attached hydrogen (secondary N) is 2. The smallest absolute Gasteiger partial charge is 0.191 e. The maximum Gasteiger partial charge on any atom is 0.191 e. The molecule has 2 saturated carbocycles. The predicted molar refractivity (Wildman–Crippen MR) is 183 cm³/mol. The number of aryl methyl sites for hydroxylation is 2. The van der Waals surface area contributed by atoms with E-state index in [1.165, 1.54) is 47.8 Å². The Hall–Kier alpha value is -4.44. The highest BCUT2D eigenvalue weighted by molar-refractivity contribution is 7.98. The zero-order valence-electron chi connectivity index (χ0n) is 27.0. The lowest BCUT2D eigenvalue weighted by Gasteiger charge is -2.08. The topological polar surface area (TPSA) is 111 Å². The molecule has 8 rings (SSSR count). The molecule has 6 aromatic rings. The fourth-order valence-corrected chi connectivity index (χ4v) is 6.58. The van der Waals surface area contributed by atoms with Crippen molar-refractivity contribution in [2.45, 2.75) is 60.5 Å². The minimum absolute atomic E-state index is 0.141. The third-order valence-electron chi connectivity index (χ3n) is 8.68. The third-order valence-corrected chi connectivity index (χ3v) is 9.78. The van der Waals surface area contributed by atoms with Crippen molar-refractivity contribution in [3.05, 3.63) is 83.2 Å². The van der Waals surface area contributed by atoms with Gasteiger partial charge in [0.05, 0.1) is 23.2 Å². The molecule has 0 unspecified atom stereocenters. The second kappa shape index (κ2) is 13.5. The molecule has 2 aliphatic carbocycles. The molecule has 0 bridgehead atoms. The summed E-state index contributed by atoms with van der Waals surface area (Å²) in [5.74, 6) is -1.47. The fourth-order valence-electron chi connectivity index (χ4n) is 5.85. The number of rotatable bonds is 9. The van der Waals surface area contributed by atoms with Gasteiger partial charge in [0, 0.05) is 37.5 Å². The molecule has 4 aromatic heterocycles. The van der Waals surface area contributed by atoms with Gasteiger partial charge in [-0.15, -0.1) is 0 Å². The van der Waals surface area contributed by atoms with E-state index in [4.69, 9.17) is 0 Å². The minimum Gasteiger partial charge on any atom is -0.366 e. The Labute approximate surface area is 287 Å². The number of hydrogen-bond donors (Lipinski definition) is 2. The number of benzene rings is 2. The number of nitrogens with zero attached hydrogens (tertiary/aromatic N) is 8. The van der Waals surface area contributed by atoms with Gasteiger partial charge in [-0.2, -0.15) is 10.2 Å². The highest BCUT2D eigenvalue weighted by atomic mass is 32.2. The highest BCUT2D eigenvalue weighted by Crippen LogP contribution is 2.45. The largest absolute Gasteiger partial charge is 0.366 e. The van der Waals surface area contributed by atoms with Crippen LogP contribution in [0.3, 0.4) is 0 Å². The summed E-state index contributed by atoms with van der Waals surface area (Å²) in [6.07, 6.45) is 9.05. The van der Waals surface area contributed by atoms with Crippen LogP contribution in [0.5, 0.6) is 0 Å². The van der Waals surface area contributed by atoms with Crippen molar-refractivity contribution in [2.24, 2.45) is 7.05 Å². The van der Waals surface area contributed by atoms with Crippen LogP contribution in [0, 0.1) is 23.3 Å². The highest BCUT2D eigenvalue weighted by Gasteiger charge is 2.40. The second-order valence-corrected chi connectivity index (χ2v) is 13.4.